The van der Waals surface area contributed by atoms with Crippen molar-refractivity contribution in [1.29, 1.82) is 0 Å². The van der Waals surface area contributed by atoms with E-state index in [0.717, 1.165) is 32.6 Å². The Morgan fingerprint density at radius 1 is 1.50 bits per heavy atom. The number of rotatable bonds is 5. The van der Waals surface area contributed by atoms with Gasteiger partial charge in [-0.2, -0.15) is 0 Å². The molecule has 1 aliphatic rings. The van der Waals surface area contributed by atoms with Crippen molar-refractivity contribution in [3.8, 4) is 0 Å². The number of aromatic nitrogens is 2. The molecule has 1 aliphatic heterocycles. The highest BCUT2D eigenvalue weighted by molar-refractivity contribution is 5.88. The fourth-order valence-corrected chi connectivity index (χ4v) is 2.02. The van der Waals surface area contributed by atoms with Crippen molar-refractivity contribution in [2.45, 2.75) is 19.4 Å². The highest BCUT2D eigenvalue weighted by Crippen LogP contribution is 2.13. The van der Waals surface area contributed by atoms with Crippen LogP contribution in [0.5, 0.6) is 0 Å². The Balaban J connectivity index is 1.84. The average molecular weight is 251 g/mol. The Bertz CT molecular complexity index is 405. The summed E-state index contributed by atoms with van der Waals surface area (Å²) in [6, 6.07) is 0. The molecule has 0 bridgehead atoms. The van der Waals surface area contributed by atoms with E-state index in [1.54, 1.807) is 0 Å². The highest BCUT2D eigenvalue weighted by Gasteiger charge is 2.14. The largest absolute Gasteiger partial charge is 0.478 e. The molecule has 18 heavy (non-hydrogen) atoms. The molecule has 98 valence electrons. The minimum atomic E-state index is -0.988. The van der Waals surface area contributed by atoms with E-state index in [0.29, 0.717) is 18.2 Å². The van der Waals surface area contributed by atoms with Crippen LogP contribution in [-0.4, -0.2) is 40.8 Å². The van der Waals surface area contributed by atoms with E-state index in [1.165, 1.54) is 12.5 Å². The summed E-state index contributed by atoms with van der Waals surface area (Å²) in [4.78, 5) is 18.7. The van der Waals surface area contributed by atoms with Crippen molar-refractivity contribution in [1.82, 2.24) is 15.3 Å². The molecule has 2 rings (SSSR count). The third-order valence-electron chi connectivity index (χ3n) is 3.09. The van der Waals surface area contributed by atoms with E-state index in [4.69, 9.17) is 9.84 Å². The van der Waals surface area contributed by atoms with Gasteiger partial charge in [0.2, 0.25) is 0 Å². The van der Waals surface area contributed by atoms with Crippen LogP contribution < -0.4 is 5.32 Å². The minimum absolute atomic E-state index is 0.164. The Labute approximate surface area is 105 Å². The molecule has 2 N–H and O–H groups in total. The molecule has 0 atom stereocenters. The second kappa shape index (κ2) is 6.42. The zero-order chi connectivity index (χ0) is 12.8. The maximum Gasteiger partial charge on any atom is 0.339 e. The zero-order valence-corrected chi connectivity index (χ0v) is 10.1. The topological polar surface area (TPSA) is 84.3 Å². The van der Waals surface area contributed by atoms with Crippen molar-refractivity contribution in [3.63, 3.8) is 0 Å². The van der Waals surface area contributed by atoms with E-state index in [2.05, 4.69) is 15.3 Å². The lowest BCUT2D eigenvalue weighted by Crippen LogP contribution is -2.28. The smallest absolute Gasteiger partial charge is 0.339 e. The Morgan fingerprint density at radius 3 is 3.00 bits per heavy atom. The lowest BCUT2D eigenvalue weighted by atomic mass is 10.0. The average Bonchev–Trinajstić information content (AvgIpc) is 2.40. The van der Waals surface area contributed by atoms with Crippen LogP contribution in [0.1, 0.15) is 28.9 Å². The van der Waals surface area contributed by atoms with Gasteiger partial charge < -0.3 is 15.2 Å². The molecule has 1 aromatic heterocycles. The van der Waals surface area contributed by atoms with Crippen LogP contribution in [0.25, 0.3) is 0 Å². The minimum Gasteiger partial charge on any atom is -0.478 e. The van der Waals surface area contributed by atoms with Crippen LogP contribution in [0.15, 0.2) is 12.5 Å². The molecule has 0 unspecified atom stereocenters. The fourth-order valence-electron chi connectivity index (χ4n) is 2.02. The molecule has 0 spiro atoms. The van der Waals surface area contributed by atoms with Gasteiger partial charge >= 0.3 is 5.97 Å². The van der Waals surface area contributed by atoms with Gasteiger partial charge in [-0.15, -0.1) is 0 Å². The summed E-state index contributed by atoms with van der Waals surface area (Å²) in [6.07, 6.45) is 4.82. The van der Waals surface area contributed by atoms with Crippen molar-refractivity contribution in [3.05, 3.63) is 23.8 Å². The van der Waals surface area contributed by atoms with Crippen LogP contribution in [0.2, 0.25) is 0 Å². The number of ether oxygens (including phenoxy) is 1. The van der Waals surface area contributed by atoms with E-state index in [1.807, 2.05) is 0 Å². The number of hydrogen-bond acceptors (Lipinski definition) is 5. The van der Waals surface area contributed by atoms with Crippen LogP contribution in [-0.2, 0) is 11.3 Å². The summed E-state index contributed by atoms with van der Waals surface area (Å²) in [5.41, 5.74) is 0.696. The number of hydrogen-bond donors (Lipinski definition) is 2. The van der Waals surface area contributed by atoms with Crippen molar-refractivity contribution < 1.29 is 14.6 Å². The Morgan fingerprint density at radius 2 is 2.28 bits per heavy atom. The molecular weight excluding hydrogens is 234 g/mol. The predicted octanol–water partition coefficient (Wildman–Crippen LogP) is 0.691. The summed E-state index contributed by atoms with van der Waals surface area (Å²) < 4.78 is 5.29. The normalized spacial score (nSPS) is 16.7. The van der Waals surface area contributed by atoms with Crippen molar-refractivity contribution >= 4 is 5.97 Å². The summed E-state index contributed by atoms with van der Waals surface area (Å²) in [5.74, 6) is -0.382. The maximum atomic E-state index is 11.0. The molecular formula is C12H17N3O3. The van der Waals surface area contributed by atoms with Gasteiger partial charge in [0.05, 0.1) is 5.69 Å². The monoisotopic (exact) mass is 251 g/mol. The van der Waals surface area contributed by atoms with Gasteiger partial charge in [-0.3, -0.25) is 0 Å². The number of carbonyl (C=O) groups is 1. The molecule has 0 radical (unpaired) electrons. The number of carboxylic acids is 1. The molecule has 0 saturated carbocycles. The molecule has 6 heteroatoms. The third-order valence-corrected chi connectivity index (χ3v) is 3.09. The zero-order valence-electron chi connectivity index (χ0n) is 10.1. The SMILES string of the molecule is O=C(O)c1cncnc1CNCC1CCOCC1. The fraction of sp³-hybridized carbons (Fsp3) is 0.583. The highest BCUT2D eigenvalue weighted by atomic mass is 16.5. The number of aromatic carboxylic acids is 1. The molecule has 0 amide bonds. The van der Waals surface area contributed by atoms with Crippen LogP contribution in [0.4, 0.5) is 0 Å². The van der Waals surface area contributed by atoms with Gasteiger partial charge in [-0.1, -0.05) is 0 Å². The van der Waals surface area contributed by atoms with Gasteiger partial charge in [0.15, 0.2) is 0 Å². The van der Waals surface area contributed by atoms with Gasteiger partial charge in [0.1, 0.15) is 11.9 Å². The summed E-state index contributed by atoms with van der Waals surface area (Å²) in [7, 11) is 0. The van der Waals surface area contributed by atoms with Crippen LogP contribution in [0, 0.1) is 5.92 Å². The van der Waals surface area contributed by atoms with E-state index < -0.39 is 5.97 Å². The quantitative estimate of drug-likeness (QED) is 0.801. The standard InChI is InChI=1S/C12H17N3O3/c16-12(17)10-6-14-8-15-11(10)7-13-5-9-1-3-18-4-2-9/h6,8-9,13H,1-5,7H2,(H,16,17). The first kappa shape index (κ1) is 12.9. The van der Waals surface area contributed by atoms with Crippen molar-refractivity contribution in [2.24, 2.45) is 5.92 Å². The molecule has 6 nitrogen and oxygen atoms in total. The molecule has 1 fully saturated rings. The molecule has 0 aliphatic carbocycles. The molecule has 1 aromatic rings. The molecule has 0 aromatic carbocycles. The van der Waals surface area contributed by atoms with E-state index in [9.17, 15) is 4.79 Å². The Kier molecular flexibility index (Phi) is 4.60. The second-order valence-corrected chi connectivity index (χ2v) is 4.37. The predicted molar refractivity (Wildman–Crippen MR) is 64.2 cm³/mol. The lowest BCUT2D eigenvalue weighted by Gasteiger charge is -2.22. The summed E-state index contributed by atoms with van der Waals surface area (Å²) >= 11 is 0. The number of carboxylic acid groups (broad SMARTS) is 1. The first-order chi connectivity index (χ1) is 8.77. The number of nitrogens with one attached hydrogen (secondary N) is 1. The van der Waals surface area contributed by atoms with Crippen LogP contribution >= 0.6 is 0 Å². The Hall–Kier alpha value is -1.53. The second-order valence-electron chi connectivity index (χ2n) is 4.37. The molecule has 1 saturated heterocycles. The number of nitrogens with zero attached hydrogens (tertiary/aromatic N) is 2. The van der Waals surface area contributed by atoms with Gasteiger partial charge in [-0.25, -0.2) is 14.8 Å². The first-order valence-corrected chi connectivity index (χ1v) is 6.08. The first-order valence-electron chi connectivity index (χ1n) is 6.08. The summed E-state index contributed by atoms with van der Waals surface area (Å²) in [5, 5.41) is 12.2. The lowest BCUT2D eigenvalue weighted by molar-refractivity contribution is 0.0662. The van der Waals surface area contributed by atoms with Gasteiger partial charge in [0, 0.05) is 26.0 Å². The molecule has 2 heterocycles. The van der Waals surface area contributed by atoms with Gasteiger partial charge in [0.25, 0.3) is 0 Å². The summed E-state index contributed by atoms with van der Waals surface area (Å²) in [6.45, 7) is 2.97. The van der Waals surface area contributed by atoms with E-state index >= 15 is 0 Å². The van der Waals surface area contributed by atoms with E-state index in [-0.39, 0.29) is 5.56 Å². The third kappa shape index (κ3) is 3.48. The van der Waals surface area contributed by atoms with Crippen LogP contribution in [0.3, 0.4) is 0 Å². The van der Waals surface area contributed by atoms with Gasteiger partial charge in [-0.05, 0) is 25.3 Å². The maximum absolute atomic E-state index is 11.0. The van der Waals surface area contributed by atoms with Crippen molar-refractivity contribution in [2.75, 3.05) is 19.8 Å².